The molecule has 0 saturated heterocycles. The molecule has 5 heterocycles. The number of rotatable bonds is 5. The molecule has 0 bridgehead atoms. The lowest BCUT2D eigenvalue weighted by Crippen LogP contribution is -2.05. The Bertz CT molecular complexity index is 2170. The third-order valence-electron chi connectivity index (χ3n) is 6.58. The van der Waals surface area contributed by atoms with Crippen LogP contribution in [0.25, 0.3) is 44.6 Å². The molecule has 12 heteroatoms. The van der Waals surface area contributed by atoms with Gasteiger partial charge in [0, 0.05) is 55.1 Å². The van der Waals surface area contributed by atoms with E-state index < -0.39 is 0 Å². The molecule has 7 rings (SSSR count). The van der Waals surface area contributed by atoms with Crippen molar-refractivity contribution >= 4 is 82.9 Å². The van der Waals surface area contributed by atoms with E-state index in [1.54, 1.807) is 42.9 Å². The normalized spacial score (nSPS) is 10.5. The van der Waals surface area contributed by atoms with E-state index in [0.717, 1.165) is 53.5 Å². The lowest BCUT2D eigenvalue weighted by Gasteiger charge is -2.05. The number of hydrogen-bond donors (Lipinski definition) is 1. The van der Waals surface area contributed by atoms with E-state index in [1.165, 1.54) is 7.40 Å². The molecular weight excluding hydrogens is 770 g/mol. The third kappa shape index (κ3) is 9.04. The van der Waals surface area contributed by atoms with Crippen LogP contribution in [0.2, 0.25) is 10.0 Å². The highest BCUT2D eigenvalue weighted by atomic mass is 79.9. The third-order valence-corrected chi connectivity index (χ3v) is 7.92. The molecule has 1 N–H and O–H groups in total. The average molecular weight is 798 g/mol. The summed E-state index contributed by atoms with van der Waals surface area (Å²) in [4.78, 5) is 30.0. The molecule has 0 amide bonds. The largest absolute Gasteiger partial charge is 0.294 e. The van der Waals surface area contributed by atoms with Gasteiger partial charge in [-0.05, 0) is 92.5 Å². The van der Waals surface area contributed by atoms with Gasteiger partial charge in [0.2, 0.25) is 0 Å². The molecule has 7 aromatic rings. The van der Waals surface area contributed by atoms with E-state index >= 15 is 0 Å². The van der Waals surface area contributed by atoms with Gasteiger partial charge in [-0.1, -0.05) is 54.9 Å². The van der Waals surface area contributed by atoms with E-state index in [0.29, 0.717) is 28.5 Å². The first-order valence-corrected chi connectivity index (χ1v) is 16.0. The highest BCUT2D eigenvalue weighted by Crippen LogP contribution is 2.31. The number of carbonyl (C=O) groups excluding carboxylic acids is 1. The summed E-state index contributed by atoms with van der Waals surface area (Å²) in [7, 11) is 1.75. The molecule has 0 fully saturated rings. The van der Waals surface area contributed by atoms with Gasteiger partial charge >= 0.3 is 0 Å². The molecule has 0 aliphatic carbocycles. The summed E-state index contributed by atoms with van der Waals surface area (Å²) in [6, 6.07) is 26.0. The predicted octanol–water partition coefficient (Wildman–Crippen LogP) is 10.8. The number of pyridine rings is 4. The van der Waals surface area contributed by atoms with Crippen molar-refractivity contribution < 1.29 is 10.6 Å². The summed E-state index contributed by atoms with van der Waals surface area (Å²) in [5.41, 5.74) is 8.18. The lowest BCUT2D eigenvalue weighted by atomic mass is 10.1. The fraction of sp³-hybridized carbons (Fsp3) is 0.0857. The van der Waals surface area contributed by atoms with Crippen molar-refractivity contribution in [2.45, 2.75) is 13.8 Å². The standard InChI is InChI=1S/C17H10BrClN4.C16H10BrClN2O.CH3F.CH4/c18-11-7-16-15(20-8-11)5-4-14(22-16)13-9-21-23-17(13)10-2-1-3-12(19)6-10;17-11-7-15-14(19-9-11)5-4-13(20-15)8-16(21)10-2-1-3-12(18)6-10;1-2;/h1-9H,(H,21,23);1-7,9H,8H2;1H3;1H4/i;;;1D. The number of nitrogens with one attached hydrogen (secondary N) is 1. The summed E-state index contributed by atoms with van der Waals surface area (Å²) in [6.07, 6.45) is 5.50. The molecule has 2 aromatic carbocycles. The topological polar surface area (TPSA) is 97.3 Å². The van der Waals surface area contributed by atoms with Crippen molar-refractivity contribution in [3.8, 4) is 22.5 Å². The molecule has 47 heavy (non-hydrogen) atoms. The van der Waals surface area contributed by atoms with Gasteiger partial charge in [-0.25, -0.2) is 4.98 Å². The van der Waals surface area contributed by atoms with Crippen LogP contribution in [-0.2, 0) is 6.42 Å². The van der Waals surface area contributed by atoms with Crippen LogP contribution in [-0.4, -0.2) is 43.1 Å². The first-order chi connectivity index (χ1) is 23.3. The molecular formula is C35H27Br2Cl2FN6O. The average Bonchev–Trinajstić information content (AvgIpc) is 3.60. The second-order valence-corrected chi connectivity index (χ2v) is 12.4. The number of H-pyrrole nitrogens is 1. The minimum absolute atomic E-state index is 0.00712. The Balaban J connectivity index is 0.000000197. The van der Waals surface area contributed by atoms with Crippen LogP contribution in [0.15, 0.2) is 112 Å². The maximum absolute atomic E-state index is 12.2. The van der Waals surface area contributed by atoms with Crippen LogP contribution in [0.3, 0.4) is 0 Å². The Labute approximate surface area is 299 Å². The summed E-state index contributed by atoms with van der Waals surface area (Å²) in [5.74, 6) is -0.00712. The van der Waals surface area contributed by atoms with E-state index in [2.05, 4.69) is 57.0 Å². The number of carbonyl (C=O) groups is 1. The Kier molecular flexibility index (Phi) is 12.1. The van der Waals surface area contributed by atoms with Gasteiger partial charge in [0.1, 0.15) is 0 Å². The molecule has 0 saturated carbocycles. The Hall–Kier alpha value is -4.09. The highest BCUT2D eigenvalue weighted by molar-refractivity contribution is 9.10. The van der Waals surface area contributed by atoms with Crippen LogP contribution in [0.1, 0.15) is 24.8 Å². The van der Waals surface area contributed by atoms with Gasteiger partial charge in [0.15, 0.2) is 5.78 Å². The van der Waals surface area contributed by atoms with Crippen LogP contribution >= 0.6 is 55.1 Å². The van der Waals surface area contributed by atoms with Gasteiger partial charge in [0.25, 0.3) is 0 Å². The first kappa shape index (κ1) is 34.3. The van der Waals surface area contributed by atoms with E-state index in [1.807, 2.05) is 60.7 Å². The summed E-state index contributed by atoms with van der Waals surface area (Å²) < 4.78 is 17.0. The number of benzene rings is 2. The van der Waals surface area contributed by atoms with Gasteiger partial charge in [0.05, 0.1) is 53.2 Å². The number of aromatic nitrogens is 6. The maximum Gasteiger partial charge on any atom is 0.168 e. The Morgan fingerprint density at radius 2 is 1.40 bits per heavy atom. The van der Waals surface area contributed by atoms with E-state index in [9.17, 15) is 9.18 Å². The minimum Gasteiger partial charge on any atom is -0.294 e. The van der Waals surface area contributed by atoms with Gasteiger partial charge in [-0.3, -0.25) is 29.2 Å². The number of halogens is 5. The quantitative estimate of drug-likeness (QED) is 0.174. The summed E-state index contributed by atoms with van der Waals surface area (Å²) in [6.45, 7) is 0. The summed E-state index contributed by atoms with van der Waals surface area (Å²) in [5, 5.41) is 8.44. The number of alkyl halides is 1. The summed E-state index contributed by atoms with van der Waals surface area (Å²) >= 11 is 18.8. The highest BCUT2D eigenvalue weighted by Gasteiger charge is 2.13. The van der Waals surface area contributed by atoms with Crippen molar-refractivity contribution in [3.05, 3.63) is 134 Å². The second-order valence-electron chi connectivity index (χ2n) is 9.66. The number of hydrogen-bond acceptors (Lipinski definition) is 6. The van der Waals surface area contributed by atoms with Crippen molar-refractivity contribution in [2.75, 3.05) is 7.18 Å². The van der Waals surface area contributed by atoms with Gasteiger partial charge < -0.3 is 0 Å². The molecule has 5 aromatic heterocycles. The van der Waals surface area contributed by atoms with Crippen molar-refractivity contribution in [3.63, 3.8) is 0 Å². The molecule has 0 atom stereocenters. The van der Waals surface area contributed by atoms with E-state index in [4.69, 9.17) is 29.6 Å². The Morgan fingerprint density at radius 1 is 0.787 bits per heavy atom. The van der Waals surface area contributed by atoms with Crippen molar-refractivity contribution in [2.24, 2.45) is 0 Å². The van der Waals surface area contributed by atoms with Crippen molar-refractivity contribution in [1.82, 2.24) is 30.1 Å². The number of aromatic amines is 1. The fourth-order valence-electron chi connectivity index (χ4n) is 4.53. The zero-order chi connectivity index (χ0) is 34.6. The number of Topliss-reactive ketones (excluding diaryl/α,β-unsaturated/α-hetero) is 1. The molecule has 238 valence electrons. The smallest absolute Gasteiger partial charge is 0.168 e. The van der Waals surface area contributed by atoms with Crippen LogP contribution in [0.4, 0.5) is 4.39 Å². The SMILES string of the molecule is CF.Clc1cccc(-c2[nH]ncc2-c2ccc3ncc(Br)cc3n2)c1.O=C(Cc1ccc2ncc(Br)cc2n1)c1cccc(Cl)c1.[2H]C. The number of fused-ring (bicyclic) bond motifs is 2. The van der Waals surface area contributed by atoms with Gasteiger partial charge in [-0.2, -0.15) is 5.10 Å². The van der Waals surface area contributed by atoms with Crippen molar-refractivity contribution in [1.29, 1.82) is 0 Å². The number of nitrogens with zero attached hydrogens (tertiary/aromatic N) is 5. The minimum atomic E-state index is -0.00712. The van der Waals surface area contributed by atoms with Crippen LogP contribution < -0.4 is 0 Å². The zero-order valence-electron chi connectivity index (χ0n) is 26.1. The predicted molar refractivity (Wildman–Crippen MR) is 196 cm³/mol. The second kappa shape index (κ2) is 16.6. The molecule has 0 radical (unpaired) electrons. The molecule has 0 aliphatic rings. The van der Waals surface area contributed by atoms with Crippen LogP contribution in [0.5, 0.6) is 0 Å². The van der Waals surface area contributed by atoms with Gasteiger partial charge in [-0.15, -0.1) is 0 Å². The molecule has 0 aliphatic heterocycles. The monoisotopic (exact) mass is 795 g/mol. The fourth-order valence-corrected chi connectivity index (χ4v) is 5.55. The zero-order valence-corrected chi connectivity index (χ0v) is 29.7. The molecule has 0 unspecified atom stereocenters. The Morgan fingerprint density at radius 3 is 2.06 bits per heavy atom. The molecule has 7 nitrogen and oxygen atoms in total. The lowest BCUT2D eigenvalue weighted by molar-refractivity contribution is 0.0992. The van der Waals surface area contributed by atoms with E-state index in [-0.39, 0.29) is 12.2 Å². The molecule has 0 spiro atoms. The maximum atomic E-state index is 12.2. The number of ketones is 1. The van der Waals surface area contributed by atoms with Crippen LogP contribution in [0, 0.1) is 0 Å². The first-order valence-electron chi connectivity index (χ1n) is 14.6.